The number of alkyl halides is 1. The molecular formula is C20H39FO6S. The highest BCUT2D eigenvalue weighted by Gasteiger charge is 2.26. The maximum absolute atomic E-state index is 12.0. The molecule has 28 heavy (non-hydrogen) atoms. The van der Waals surface area contributed by atoms with Crippen LogP contribution in [0.4, 0.5) is 4.39 Å². The molecule has 0 amide bonds. The average molecular weight is 427 g/mol. The Morgan fingerprint density at radius 2 is 1.36 bits per heavy atom. The molecule has 0 heterocycles. The highest BCUT2D eigenvalue weighted by Crippen LogP contribution is 2.13. The highest BCUT2D eigenvalue weighted by molar-refractivity contribution is 7.80. The van der Waals surface area contributed by atoms with E-state index in [1.165, 1.54) is 6.42 Å². The number of carbonyl (C=O) groups is 1. The number of hydrogen-bond acceptors (Lipinski definition) is 5. The van der Waals surface area contributed by atoms with Gasteiger partial charge in [0.25, 0.3) is 0 Å². The lowest BCUT2D eigenvalue weighted by molar-refractivity contribution is -0.152. The van der Waals surface area contributed by atoms with E-state index in [-0.39, 0.29) is 19.7 Å². The molecule has 0 aromatic carbocycles. The predicted octanol–water partition coefficient (Wildman–Crippen LogP) is 5.56. The SMILES string of the molecule is CCCCCCC(OS(=O)(=O)O)C(=O)OCCCCCCCCCCCCF. The molecular weight excluding hydrogens is 387 g/mol. The van der Waals surface area contributed by atoms with Crippen LogP contribution < -0.4 is 0 Å². The molecule has 0 aliphatic heterocycles. The number of hydrogen-bond donors (Lipinski definition) is 1. The van der Waals surface area contributed by atoms with E-state index in [0.717, 1.165) is 70.6 Å². The van der Waals surface area contributed by atoms with E-state index in [1.54, 1.807) is 0 Å². The minimum absolute atomic E-state index is 0.212. The van der Waals surface area contributed by atoms with Gasteiger partial charge in [0.15, 0.2) is 6.10 Å². The first-order valence-electron chi connectivity index (χ1n) is 10.8. The standard InChI is InChI=1S/C20H39FO6S/c1-2-3-4-13-16-19(27-28(23,24)25)20(22)26-18-15-12-10-8-6-5-7-9-11-14-17-21/h19H,2-18H2,1H3,(H,23,24,25). The Kier molecular flexibility index (Phi) is 17.8. The summed E-state index contributed by atoms with van der Waals surface area (Å²) >= 11 is 0. The molecule has 6 nitrogen and oxygen atoms in total. The quantitative estimate of drug-likeness (QED) is 0.156. The van der Waals surface area contributed by atoms with Crippen molar-refractivity contribution in [1.29, 1.82) is 0 Å². The number of esters is 1. The molecule has 0 aliphatic carbocycles. The first-order valence-corrected chi connectivity index (χ1v) is 12.2. The van der Waals surface area contributed by atoms with Crippen molar-refractivity contribution in [1.82, 2.24) is 0 Å². The molecule has 0 bridgehead atoms. The number of ether oxygens (including phenoxy) is 1. The zero-order valence-electron chi connectivity index (χ0n) is 17.4. The second-order valence-corrected chi connectivity index (χ2v) is 8.30. The molecule has 168 valence electrons. The Bertz CT molecular complexity index is 469. The van der Waals surface area contributed by atoms with Crippen molar-refractivity contribution in [2.45, 2.75) is 109 Å². The summed E-state index contributed by atoms with van der Waals surface area (Å²) in [5.74, 6) is -0.734. The van der Waals surface area contributed by atoms with Gasteiger partial charge in [0.2, 0.25) is 0 Å². The zero-order chi connectivity index (χ0) is 21.1. The minimum Gasteiger partial charge on any atom is -0.464 e. The van der Waals surface area contributed by atoms with E-state index in [9.17, 15) is 17.6 Å². The van der Waals surface area contributed by atoms with Crippen LogP contribution in [0.5, 0.6) is 0 Å². The molecule has 1 unspecified atom stereocenters. The topological polar surface area (TPSA) is 89.9 Å². The largest absolute Gasteiger partial charge is 0.464 e. The van der Waals surface area contributed by atoms with Gasteiger partial charge in [0.1, 0.15) is 0 Å². The van der Waals surface area contributed by atoms with Gasteiger partial charge in [-0.25, -0.2) is 8.98 Å². The summed E-state index contributed by atoms with van der Waals surface area (Å²) < 4.78 is 52.2. The Morgan fingerprint density at radius 1 is 0.857 bits per heavy atom. The monoisotopic (exact) mass is 426 g/mol. The van der Waals surface area contributed by atoms with E-state index in [0.29, 0.717) is 12.8 Å². The van der Waals surface area contributed by atoms with Crippen LogP contribution in [0.2, 0.25) is 0 Å². The molecule has 0 rings (SSSR count). The fourth-order valence-corrected chi connectivity index (χ4v) is 3.45. The van der Waals surface area contributed by atoms with Crippen molar-refractivity contribution in [2.24, 2.45) is 0 Å². The molecule has 0 aromatic heterocycles. The second kappa shape index (κ2) is 18.3. The van der Waals surface area contributed by atoms with E-state index < -0.39 is 22.5 Å². The van der Waals surface area contributed by atoms with Crippen molar-refractivity contribution in [3.63, 3.8) is 0 Å². The van der Waals surface area contributed by atoms with Gasteiger partial charge in [-0.2, -0.15) is 8.42 Å². The third kappa shape index (κ3) is 18.6. The summed E-state index contributed by atoms with van der Waals surface area (Å²) in [5.41, 5.74) is 0. The molecule has 0 fully saturated rings. The third-order valence-corrected chi connectivity index (χ3v) is 5.07. The first-order chi connectivity index (χ1) is 13.4. The molecule has 0 saturated heterocycles. The van der Waals surface area contributed by atoms with Gasteiger partial charge in [-0.05, 0) is 19.3 Å². The van der Waals surface area contributed by atoms with Gasteiger partial charge in [-0.15, -0.1) is 0 Å². The van der Waals surface area contributed by atoms with Crippen LogP contribution in [0.3, 0.4) is 0 Å². The van der Waals surface area contributed by atoms with Crippen LogP contribution >= 0.6 is 0 Å². The van der Waals surface area contributed by atoms with Crippen LogP contribution in [0.25, 0.3) is 0 Å². The first kappa shape index (κ1) is 27.3. The molecule has 1 N–H and O–H groups in total. The fourth-order valence-electron chi connectivity index (χ4n) is 2.99. The lowest BCUT2D eigenvalue weighted by Crippen LogP contribution is -2.29. The van der Waals surface area contributed by atoms with Crippen LogP contribution in [-0.2, 0) is 24.1 Å². The number of carbonyl (C=O) groups excluding carboxylic acids is 1. The minimum atomic E-state index is -4.69. The van der Waals surface area contributed by atoms with Gasteiger partial charge in [0, 0.05) is 0 Å². The van der Waals surface area contributed by atoms with Gasteiger partial charge in [-0.1, -0.05) is 84.0 Å². The van der Waals surface area contributed by atoms with Crippen molar-refractivity contribution in [3.8, 4) is 0 Å². The predicted molar refractivity (Wildman–Crippen MR) is 108 cm³/mol. The lowest BCUT2D eigenvalue weighted by Gasteiger charge is -2.14. The van der Waals surface area contributed by atoms with Crippen molar-refractivity contribution >= 4 is 16.4 Å². The zero-order valence-corrected chi connectivity index (χ0v) is 18.2. The molecule has 1 atom stereocenters. The summed E-state index contributed by atoms with van der Waals surface area (Å²) in [6.45, 7) is 2.06. The average Bonchev–Trinajstić information content (AvgIpc) is 2.64. The molecule has 8 heteroatoms. The summed E-state index contributed by atoms with van der Waals surface area (Å²) in [6.07, 6.45) is 12.5. The van der Waals surface area contributed by atoms with Crippen LogP contribution in [0.15, 0.2) is 0 Å². The van der Waals surface area contributed by atoms with E-state index in [2.05, 4.69) is 11.1 Å². The molecule has 0 radical (unpaired) electrons. The van der Waals surface area contributed by atoms with E-state index in [4.69, 9.17) is 9.29 Å². The van der Waals surface area contributed by atoms with Crippen molar-refractivity contribution in [3.05, 3.63) is 0 Å². The van der Waals surface area contributed by atoms with Crippen LogP contribution in [-0.4, -0.2) is 38.3 Å². The van der Waals surface area contributed by atoms with E-state index >= 15 is 0 Å². The van der Waals surface area contributed by atoms with E-state index in [1.807, 2.05) is 0 Å². The second-order valence-electron chi connectivity index (χ2n) is 7.25. The van der Waals surface area contributed by atoms with Gasteiger partial charge in [-0.3, -0.25) is 8.94 Å². The summed E-state index contributed by atoms with van der Waals surface area (Å²) in [4.78, 5) is 12.0. The van der Waals surface area contributed by atoms with Crippen molar-refractivity contribution < 1.29 is 31.1 Å². The number of halogens is 1. The van der Waals surface area contributed by atoms with Crippen LogP contribution in [0.1, 0.15) is 103 Å². The molecule has 0 saturated carbocycles. The fraction of sp³-hybridized carbons (Fsp3) is 0.950. The number of rotatable bonds is 20. The number of unbranched alkanes of at least 4 members (excludes halogenated alkanes) is 12. The Hall–Kier alpha value is -0.730. The smallest absolute Gasteiger partial charge is 0.398 e. The van der Waals surface area contributed by atoms with Gasteiger partial charge >= 0.3 is 16.4 Å². The summed E-state index contributed by atoms with van der Waals surface area (Å²) in [7, 11) is -4.69. The maximum Gasteiger partial charge on any atom is 0.398 e. The van der Waals surface area contributed by atoms with Gasteiger partial charge in [0.05, 0.1) is 13.3 Å². The Balaban J connectivity index is 3.80. The maximum atomic E-state index is 12.0. The molecule has 0 spiro atoms. The Morgan fingerprint density at radius 3 is 1.86 bits per heavy atom. The van der Waals surface area contributed by atoms with Gasteiger partial charge < -0.3 is 4.74 Å². The van der Waals surface area contributed by atoms with Crippen molar-refractivity contribution in [2.75, 3.05) is 13.3 Å². The Labute approximate surface area is 170 Å². The molecule has 0 aromatic rings. The normalized spacial score (nSPS) is 12.8. The molecule has 0 aliphatic rings. The third-order valence-electron chi connectivity index (χ3n) is 4.59. The van der Waals surface area contributed by atoms with Crippen LogP contribution in [0, 0.1) is 0 Å². The lowest BCUT2D eigenvalue weighted by atomic mass is 10.1. The summed E-state index contributed by atoms with van der Waals surface area (Å²) in [5, 5.41) is 0. The summed E-state index contributed by atoms with van der Waals surface area (Å²) in [6, 6.07) is 0. The highest BCUT2D eigenvalue weighted by atomic mass is 32.3.